The molecular formula is C11H15BrN2O. The maximum absolute atomic E-state index is 11.1. The molecule has 82 valence electrons. The molecule has 0 unspecified atom stereocenters. The van der Waals surface area contributed by atoms with E-state index in [9.17, 15) is 4.79 Å². The van der Waals surface area contributed by atoms with Gasteiger partial charge < -0.3 is 5.32 Å². The third-order valence-corrected chi connectivity index (χ3v) is 2.75. The Balaban J connectivity index is 3.18. The van der Waals surface area contributed by atoms with Crippen LogP contribution in [-0.4, -0.2) is 10.9 Å². The molecule has 0 saturated carbocycles. The zero-order chi connectivity index (χ0) is 11.4. The first-order valence-corrected chi connectivity index (χ1v) is 5.77. The lowest BCUT2D eigenvalue weighted by atomic mass is 10.1. The van der Waals surface area contributed by atoms with Crippen molar-refractivity contribution in [3.63, 3.8) is 0 Å². The normalized spacial score (nSPS) is 10.1. The van der Waals surface area contributed by atoms with E-state index in [1.54, 1.807) is 6.20 Å². The molecule has 0 aliphatic heterocycles. The highest BCUT2D eigenvalue weighted by Gasteiger charge is 2.11. The minimum Gasteiger partial charge on any atom is -0.325 e. The van der Waals surface area contributed by atoms with Crippen LogP contribution in [0.3, 0.4) is 0 Å². The molecule has 0 aliphatic rings. The van der Waals surface area contributed by atoms with Gasteiger partial charge in [-0.05, 0) is 34.8 Å². The summed E-state index contributed by atoms with van der Waals surface area (Å²) in [5.41, 5.74) is 2.95. The van der Waals surface area contributed by atoms with E-state index < -0.39 is 0 Å². The Morgan fingerprint density at radius 1 is 1.60 bits per heavy atom. The Bertz CT molecular complexity index is 377. The maximum atomic E-state index is 11.1. The monoisotopic (exact) mass is 270 g/mol. The van der Waals surface area contributed by atoms with Crippen molar-refractivity contribution in [3.05, 3.63) is 21.9 Å². The molecule has 3 nitrogen and oxygen atoms in total. The molecule has 0 spiro atoms. The van der Waals surface area contributed by atoms with Crippen molar-refractivity contribution in [1.29, 1.82) is 0 Å². The van der Waals surface area contributed by atoms with Crippen LogP contribution in [0.1, 0.15) is 31.5 Å². The fraction of sp³-hybridized carbons (Fsp3) is 0.455. The van der Waals surface area contributed by atoms with Gasteiger partial charge in [-0.2, -0.15) is 0 Å². The summed E-state index contributed by atoms with van der Waals surface area (Å²) in [5, 5.41) is 2.84. The Morgan fingerprint density at radius 2 is 2.27 bits per heavy atom. The third-order valence-electron chi connectivity index (χ3n) is 2.15. The number of carbonyl (C=O) groups excluding carboxylic acids is 1. The van der Waals surface area contributed by atoms with Crippen LogP contribution in [0.25, 0.3) is 0 Å². The van der Waals surface area contributed by atoms with Crippen molar-refractivity contribution >= 4 is 27.5 Å². The van der Waals surface area contributed by atoms with Gasteiger partial charge in [-0.15, -0.1) is 0 Å². The van der Waals surface area contributed by atoms with Gasteiger partial charge in [-0.3, -0.25) is 9.78 Å². The Kier molecular flexibility index (Phi) is 4.27. The molecule has 1 aromatic rings. The number of pyridine rings is 1. The van der Waals surface area contributed by atoms with Gasteiger partial charge in [0.25, 0.3) is 0 Å². The number of aromatic nitrogens is 1. The molecule has 1 N–H and O–H groups in total. The summed E-state index contributed by atoms with van der Waals surface area (Å²) in [6, 6.07) is 0. The number of aryl methyl sites for hydroxylation is 1. The van der Waals surface area contributed by atoms with Crippen molar-refractivity contribution < 1.29 is 4.79 Å². The van der Waals surface area contributed by atoms with E-state index in [1.807, 2.05) is 6.92 Å². The number of nitrogens with one attached hydrogen (secondary N) is 1. The lowest BCUT2D eigenvalue weighted by Gasteiger charge is -2.13. The molecule has 1 amide bonds. The van der Waals surface area contributed by atoms with Crippen LogP contribution in [-0.2, 0) is 11.2 Å². The Hall–Kier alpha value is -0.900. The van der Waals surface area contributed by atoms with Crippen molar-refractivity contribution in [2.75, 3.05) is 5.32 Å². The standard InChI is InChI=1S/C11H15BrN2O/c1-4-5-9-7(2)13-6-10(12)11(9)14-8(3)15/h6H,4-5H2,1-3H3,(H,13,14,15). The van der Waals surface area contributed by atoms with Gasteiger partial charge in [0.15, 0.2) is 0 Å². The van der Waals surface area contributed by atoms with E-state index in [0.29, 0.717) is 0 Å². The molecule has 0 fully saturated rings. The second-order valence-electron chi connectivity index (χ2n) is 3.48. The topological polar surface area (TPSA) is 42.0 Å². The van der Waals surface area contributed by atoms with E-state index in [2.05, 4.69) is 33.2 Å². The number of halogens is 1. The fourth-order valence-corrected chi connectivity index (χ4v) is 1.93. The van der Waals surface area contributed by atoms with Crippen molar-refractivity contribution in [1.82, 2.24) is 4.98 Å². The predicted molar refractivity (Wildman–Crippen MR) is 65.0 cm³/mol. The lowest BCUT2D eigenvalue weighted by Crippen LogP contribution is -2.10. The Labute approximate surface area is 98.4 Å². The number of amides is 1. The number of hydrogen-bond donors (Lipinski definition) is 1. The first-order chi connectivity index (χ1) is 7.06. The summed E-state index contributed by atoms with van der Waals surface area (Å²) < 4.78 is 0.840. The molecule has 0 atom stereocenters. The molecule has 1 aromatic heterocycles. The highest BCUT2D eigenvalue weighted by molar-refractivity contribution is 9.10. The summed E-state index contributed by atoms with van der Waals surface area (Å²) in [5.74, 6) is -0.0568. The predicted octanol–water partition coefficient (Wildman–Crippen LogP) is 3.06. The molecule has 0 aliphatic carbocycles. The second-order valence-corrected chi connectivity index (χ2v) is 4.33. The van der Waals surface area contributed by atoms with E-state index in [-0.39, 0.29) is 5.91 Å². The van der Waals surface area contributed by atoms with Crippen LogP contribution >= 0.6 is 15.9 Å². The Morgan fingerprint density at radius 3 is 2.80 bits per heavy atom. The first-order valence-electron chi connectivity index (χ1n) is 4.97. The molecule has 0 bridgehead atoms. The van der Waals surface area contributed by atoms with Gasteiger partial charge in [0, 0.05) is 18.8 Å². The van der Waals surface area contributed by atoms with Crippen molar-refractivity contribution in [3.8, 4) is 0 Å². The highest BCUT2D eigenvalue weighted by atomic mass is 79.9. The number of rotatable bonds is 3. The van der Waals surface area contributed by atoms with Crippen LogP contribution < -0.4 is 5.32 Å². The largest absolute Gasteiger partial charge is 0.325 e. The SMILES string of the molecule is CCCc1c(C)ncc(Br)c1NC(C)=O. The lowest BCUT2D eigenvalue weighted by molar-refractivity contribution is -0.114. The van der Waals surface area contributed by atoms with Crippen LogP contribution in [0.15, 0.2) is 10.7 Å². The minimum absolute atomic E-state index is 0.0568. The number of anilines is 1. The summed E-state index contributed by atoms with van der Waals surface area (Å²) in [7, 11) is 0. The molecule has 0 radical (unpaired) electrons. The maximum Gasteiger partial charge on any atom is 0.221 e. The van der Waals surface area contributed by atoms with Gasteiger partial charge in [-0.25, -0.2) is 0 Å². The average molecular weight is 271 g/mol. The molecule has 1 heterocycles. The van der Waals surface area contributed by atoms with E-state index in [4.69, 9.17) is 0 Å². The van der Waals surface area contributed by atoms with Crippen LogP contribution in [0.2, 0.25) is 0 Å². The molecule has 0 aromatic carbocycles. The van der Waals surface area contributed by atoms with Gasteiger partial charge >= 0.3 is 0 Å². The number of carbonyl (C=O) groups is 1. The summed E-state index contributed by atoms with van der Waals surface area (Å²) >= 11 is 3.40. The summed E-state index contributed by atoms with van der Waals surface area (Å²) in [6.45, 7) is 5.58. The quantitative estimate of drug-likeness (QED) is 0.918. The molecular weight excluding hydrogens is 256 g/mol. The van der Waals surface area contributed by atoms with Crippen LogP contribution in [0.4, 0.5) is 5.69 Å². The van der Waals surface area contributed by atoms with E-state index in [1.165, 1.54) is 6.92 Å². The molecule has 15 heavy (non-hydrogen) atoms. The van der Waals surface area contributed by atoms with Crippen molar-refractivity contribution in [2.24, 2.45) is 0 Å². The highest BCUT2D eigenvalue weighted by Crippen LogP contribution is 2.28. The number of nitrogens with zero attached hydrogens (tertiary/aromatic N) is 1. The minimum atomic E-state index is -0.0568. The van der Waals surface area contributed by atoms with E-state index >= 15 is 0 Å². The third kappa shape index (κ3) is 3.02. The van der Waals surface area contributed by atoms with Gasteiger partial charge in [0.1, 0.15) is 0 Å². The summed E-state index contributed by atoms with van der Waals surface area (Å²) in [4.78, 5) is 15.3. The fourth-order valence-electron chi connectivity index (χ4n) is 1.49. The summed E-state index contributed by atoms with van der Waals surface area (Å²) in [6.07, 6.45) is 3.68. The average Bonchev–Trinajstić information content (AvgIpc) is 2.17. The van der Waals surface area contributed by atoms with Gasteiger partial charge in [0.2, 0.25) is 5.91 Å². The molecule has 0 saturated heterocycles. The molecule has 4 heteroatoms. The second kappa shape index (κ2) is 5.26. The number of hydrogen-bond acceptors (Lipinski definition) is 2. The van der Waals surface area contributed by atoms with Crippen LogP contribution in [0, 0.1) is 6.92 Å². The van der Waals surface area contributed by atoms with Gasteiger partial charge in [-0.1, -0.05) is 13.3 Å². The van der Waals surface area contributed by atoms with E-state index in [0.717, 1.165) is 34.3 Å². The van der Waals surface area contributed by atoms with Crippen LogP contribution in [0.5, 0.6) is 0 Å². The smallest absolute Gasteiger partial charge is 0.221 e. The first kappa shape index (κ1) is 12.2. The molecule has 1 rings (SSSR count). The zero-order valence-electron chi connectivity index (χ0n) is 9.22. The van der Waals surface area contributed by atoms with Crippen molar-refractivity contribution in [2.45, 2.75) is 33.6 Å². The zero-order valence-corrected chi connectivity index (χ0v) is 10.8. The van der Waals surface area contributed by atoms with Gasteiger partial charge in [0.05, 0.1) is 10.2 Å².